The van der Waals surface area contributed by atoms with Crippen LogP contribution in [0.25, 0.3) is 0 Å². The van der Waals surface area contributed by atoms with E-state index in [2.05, 4.69) is 5.32 Å². The molecule has 1 amide bonds. The van der Waals surface area contributed by atoms with Gasteiger partial charge in [0.1, 0.15) is 5.69 Å². The van der Waals surface area contributed by atoms with Crippen LogP contribution >= 0.6 is 11.3 Å². The van der Waals surface area contributed by atoms with Crippen molar-refractivity contribution in [2.45, 2.75) is 19.4 Å². The van der Waals surface area contributed by atoms with Gasteiger partial charge in [0.05, 0.1) is 11.3 Å². The van der Waals surface area contributed by atoms with Gasteiger partial charge in [-0.25, -0.2) is 0 Å². The van der Waals surface area contributed by atoms with E-state index in [9.17, 15) is 19.7 Å². The number of hydrogen-bond donors (Lipinski definition) is 1. The van der Waals surface area contributed by atoms with E-state index in [1.807, 2.05) is 11.4 Å². The third-order valence-electron chi connectivity index (χ3n) is 2.93. The van der Waals surface area contributed by atoms with Crippen molar-refractivity contribution in [2.24, 2.45) is 0 Å². The molecular weight excluding hydrogens is 320 g/mol. The normalized spacial score (nSPS) is 11.5. The topological polar surface area (TPSA) is 98.5 Å². The number of rotatable bonds is 6. The monoisotopic (exact) mass is 334 g/mol. The fourth-order valence-corrected chi connectivity index (χ4v) is 2.51. The molecule has 8 heteroatoms. The number of nitro benzene ring substituents is 1. The highest BCUT2D eigenvalue weighted by Gasteiger charge is 2.21. The van der Waals surface area contributed by atoms with E-state index in [0.717, 1.165) is 4.88 Å². The molecule has 0 fully saturated rings. The molecular formula is C15H14N2O5S. The maximum absolute atomic E-state index is 12.0. The number of carbonyl (C=O) groups excluding carboxylic acids is 2. The zero-order chi connectivity index (χ0) is 16.8. The van der Waals surface area contributed by atoms with Gasteiger partial charge in [0, 0.05) is 10.9 Å². The summed E-state index contributed by atoms with van der Waals surface area (Å²) in [5.41, 5.74) is -0.165. The van der Waals surface area contributed by atoms with Crippen molar-refractivity contribution < 1.29 is 19.2 Å². The summed E-state index contributed by atoms with van der Waals surface area (Å²) in [4.78, 5) is 34.9. The summed E-state index contributed by atoms with van der Waals surface area (Å²) in [5.74, 6) is -1.16. The van der Waals surface area contributed by atoms with Crippen molar-refractivity contribution in [3.05, 3.63) is 56.8 Å². The first kappa shape index (κ1) is 16.6. The molecule has 0 saturated carbocycles. The first-order chi connectivity index (χ1) is 11.0. The number of hydrogen-bond acceptors (Lipinski definition) is 6. The fourth-order valence-electron chi connectivity index (χ4n) is 1.82. The van der Waals surface area contributed by atoms with Crippen molar-refractivity contribution in [2.75, 3.05) is 5.32 Å². The Kier molecular flexibility index (Phi) is 5.42. The van der Waals surface area contributed by atoms with Crippen LogP contribution in [0.1, 0.15) is 11.8 Å². The molecule has 1 atom stereocenters. The third kappa shape index (κ3) is 4.62. The lowest BCUT2D eigenvalue weighted by Gasteiger charge is -2.13. The Hall–Kier alpha value is -2.74. The number of ether oxygens (including phenoxy) is 1. The van der Waals surface area contributed by atoms with E-state index < -0.39 is 22.9 Å². The number of para-hydroxylation sites is 2. The lowest BCUT2D eigenvalue weighted by atomic mass is 10.2. The van der Waals surface area contributed by atoms with Crippen molar-refractivity contribution >= 4 is 34.6 Å². The number of nitrogens with one attached hydrogen (secondary N) is 1. The Balaban J connectivity index is 1.95. The predicted molar refractivity (Wildman–Crippen MR) is 85.3 cm³/mol. The standard InChI is InChI=1S/C15H14N2O5S/c1-10(22-14(18)9-11-5-4-8-23-11)15(19)16-12-6-2-3-7-13(12)17(20)21/h2-8,10H,9H2,1H3,(H,16,19). The molecule has 1 aromatic carbocycles. The van der Waals surface area contributed by atoms with E-state index in [-0.39, 0.29) is 17.8 Å². The number of benzene rings is 1. The maximum atomic E-state index is 12.0. The maximum Gasteiger partial charge on any atom is 0.311 e. The smallest absolute Gasteiger partial charge is 0.311 e. The average molecular weight is 334 g/mol. The highest BCUT2D eigenvalue weighted by Crippen LogP contribution is 2.23. The summed E-state index contributed by atoms with van der Waals surface area (Å²) in [5, 5.41) is 15.1. The minimum absolute atomic E-state index is 0.0589. The van der Waals surface area contributed by atoms with Crippen molar-refractivity contribution in [3.8, 4) is 0 Å². The molecule has 1 heterocycles. The van der Waals surface area contributed by atoms with Gasteiger partial charge in [-0.3, -0.25) is 19.7 Å². The minimum atomic E-state index is -1.05. The number of anilines is 1. The van der Waals surface area contributed by atoms with Crippen molar-refractivity contribution in [1.82, 2.24) is 0 Å². The van der Waals surface area contributed by atoms with Crippen LogP contribution in [0.15, 0.2) is 41.8 Å². The van der Waals surface area contributed by atoms with Crippen LogP contribution in [0.3, 0.4) is 0 Å². The summed E-state index contributed by atoms with van der Waals surface area (Å²) >= 11 is 1.42. The number of nitrogens with zero attached hydrogens (tertiary/aromatic N) is 1. The Morgan fingerprint density at radius 2 is 2.04 bits per heavy atom. The second-order valence-corrected chi connectivity index (χ2v) is 5.68. The average Bonchev–Trinajstić information content (AvgIpc) is 3.00. The molecule has 2 rings (SSSR count). The molecule has 1 N–H and O–H groups in total. The van der Waals surface area contributed by atoms with Gasteiger partial charge in [-0.15, -0.1) is 11.3 Å². The molecule has 2 aromatic rings. The van der Waals surface area contributed by atoms with E-state index in [4.69, 9.17) is 4.74 Å². The lowest BCUT2D eigenvalue weighted by molar-refractivity contribution is -0.383. The SMILES string of the molecule is CC(OC(=O)Cc1cccs1)C(=O)Nc1ccccc1[N+](=O)[O-]. The van der Waals surface area contributed by atoms with Gasteiger partial charge in [-0.1, -0.05) is 18.2 Å². The molecule has 0 saturated heterocycles. The van der Waals surface area contributed by atoms with Gasteiger partial charge in [0.2, 0.25) is 0 Å². The summed E-state index contributed by atoms with van der Waals surface area (Å²) in [6.07, 6.45) is -0.969. The summed E-state index contributed by atoms with van der Waals surface area (Å²) in [7, 11) is 0. The lowest BCUT2D eigenvalue weighted by Crippen LogP contribution is -2.30. The van der Waals surface area contributed by atoms with E-state index >= 15 is 0 Å². The quantitative estimate of drug-likeness (QED) is 0.497. The van der Waals surface area contributed by atoms with Crippen LogP contribution < -0.4 is 5.32 Å². The Labute approximate surface area is 136 Å². The minimum Gasteiger partial charge on any atom is -0.452 e. The first-order valence-corrected chi connectivity index (χ1v) is 7.61. The molecule has 0 aliphatic rings. The summed E-state index contributed by atoms with van der Waals surface area (Å²) in [6, 6.07) is 9.37. The number of esters is 1. The second kappa shape index (κ2) is 7.50. The number of nitro groups is 1. The van der Waals surface area contributed by atoms with Gasteiger partial charge in [0.15, 0.2) is 6.10 Å². The fraction of sp³-hybridized carbons (Fsp3) is 0.200. The van der Waals surface area contributed by atoms with Crippen LogP contribution in [0.5, 0.6) is 0 Å². The molecule has 1 aromatic heterocycles. The first-order valence-electron chi connectivity index (χ1n) is 6.73. The highest BCUT2D eigenvalue weighted by molar-refractivity contribution is 7.10. The number of amides is 1. The Morgan fingerprint density at radius 3 is 2.70 bits per heavy atom. The van der Waals surface area contributed by atoms with E-state index in [1.165, 1.54) is 36.5 Å². The molecule has 0 aliphatic heterocycles. The molecule has 0 radical (unpaired) electrons. The zero-order valence-corrected chi connectivity index (χ0v) is 13.0. The van der Waals surface area contributed by atoms with Crippen molar-refractivity contribution in [3.63, 3.8) is 0 Å². The third-order valence-corrected chi connectivity index (χ3v) is 3.81. The summed E-state index contributed by atoms with van der Waals surface area (Å²) in [6.45, 7) is 1.41. The molecule has 23 heavy (non-hydrogen) atoms. The number of thiophene rings is 1. The van der Waals surface area contributed by atoms with Crippen LogP contribution in [-0.4, -0.2) is 22.9 Å². The van der Waals surface area contributed by atoms with Crippen molar-refractivity contribution in [1.29, 1.82) is 0 Å². The van der Waals surface area contributed by atoms with Crippen LogP contribution in [0.4, 0.5) is 11.4 Å². The van der Waals surface area contributed by atoms with Gasteiger partial charge >= 0.3 is 5.97 Å². The van der Waals surface area contributed by atoms with Crippen LogP contribution in [0.2, 0.25) is 0 Å². The molecule has 7 nitrogen and oxygen atoms in total. The predicted octanol–water partition coefficient (Wildman–Crippen LogP) is 2.77. The zero-order valence-electron chi connectivity index (χ0n) is 12.2. The van der Waals surface area contributed by atoms with Gasteiger partial charge in [0.25, 0.3) is 11.6 Å². The largest absolute Gasteiger partial charge is 0.452 e. The van der Waals surface area contributed by atoms with Gasteiger partial charge < -0.3 is 10.1 Å². The van der Waals surface area contributed by atoms with Gasteiger partial charge in [-0.05, 0) is 24.4 Å². The highest BCUT2D eigenvalue weighted by atomic mass is 32.1. The molecule has 1 unspecified atom stereocenters. The molecule has 120 valence electrons. The number of carbonyl (C=O) groups is 2. The Bertz CT molecular complexity index is 714. The second-order valence-electron chi connectivity index (χ2n) is 4.65. The van der Waals surface area contributed by atoms with Gasteiger partial charge in [-0.2, -0.15) is 0 Å². The summed E-state index contributed by atoms with van der Waals surface area (Å²) < 4.78 is 5.04. The molecule has 0 spiro atoms. The molecule has 0 aliphatic carbocycles. The van der Waals surface area contributed by atoms with E-state index in [0.29, 0.717) is 0 Å². The van der Waals surface area contributed by atoms with E-state index in [1.54, 1.807) is 12.1 Å². The molecule has 0 bridgehead atoms. The Morgan fingerprint density at radius 1 is 1.30 bits per heavy atom. The van der Waals surface area contributed by atoms with Crippen LogP contribution in [-0.2, 0) is 20.7 Å². The van der Waals surface area contributed by atoms with Crippen LogP contribution in [0, 0.1) is 10.1 Å².